The maximum atomic E-state index is 12.2. The standard InChI is InChI=1S/C21H31NO3/c1-21(2,3)25-20(23)22-13-12-16(14-22)15-24-19-11-7-6-10-18(19)17-8-4-5-9-17/h6-7,10-11,16-17H,4-5,8-9,12-15H2,1-3H3/t16-/m1/s1. The lowest BCUT2D eigenvalue weighted by molar-refractivity contribution is 0.0284. The highest BCUT2D eigenvalue weighted by molar-refractivity contribution is 5.68. The zero-order chi connectivity index (χ0) is 17.9. The summed E-state index contributed by atoms with van der Waals surface area (Å²) < 4.78 is 11.6. The smallest absolute Gasteiger partial charge is 0.410 e. The number of rotatable bonds is 4. The fraction of sp³-hybridized carbons (Fsp3) is 0.667. The van der Waals surface area contributed by atoms with E-state index >= 15 is 0 Å². The Hall–Kier alpha value is -1.71. The lowest BCUT2D eigenvalue weighted by Gasteiger charge is -2.24. The summed E-state index contributed by atoms with van der Waals surface area (Å²) in [7, 11) is 0. The van der Waals surface area contributed by atoms with Crippen molar-refractivity contribution in [2.45, 2.75) is 64.4 Å². The SMILES string of the molecule is CC(C)(C)OC(=O)N1CC[C@@H](COc2ccccc2C2CCCC2)C1. The molecule has 1 saturated heterocycles. The molecule has 2 fully saturated rings. The number of carbonyl (C=O) groups is 1. The van der Waals surface area contributed by atoms with Crippen molar-refractivity contribution in [1.82, 2.24) is 4.90 Å². The number of ether oxygens (including phenoxy) is 2. The van der Waals surface area contributed by atoms with Gasteiger partial charge in [0.1, 0.15) is 11.4 Å². The third-order valence-corrected chi connectivity index (χ3v) is 5.13. The van der Waals surface area contributed by atoms with Crippen LogP contribution in [-0.2, 0) is 4.74 Å². The van der Waals surface area contributed by atoms with Crippen molar-refractivity contribution in [3.8, 4) is 5.75 Å². The van der Waals surface area contributed by atoms with Crippen molar-refractivity contribution in [1.29, 1.82) is 0 Å². The van der Waals surface area contributed by atoms with Gasteiger partial charge in [0.2, 0.25) is 0 Å². The van der Waals surface area contributed by atoms with Gasteiger partial charge in [-0.15, -0.1) is 0 Å². The van der Waals surface area contributed by atoms with Gasteiger partial charge in [0, 0.05) is 19.0 Å². The summed E-state index contributed by atoms with van der Waals surface area (Å²) in [4.78, 5) is 14.0. The molecule has 0 spiro atoms. The number of benzene rings is 1. The Kier molecular flexibility index (Phi) is 5.55. The second kappa shape index (κ2) is 7.67. The van der Waals surface area contributed by atoms with Crippen LogP contribution >= 0.6 is 0 Å². The molecule has 2 aliphatic rings. The fourth-order valence-electron chi connectivity index (χ4n) is 3.85. The Morgan fingerprint density at radius 3 is 2.60 bits per heavy atom. The van der Waals surface area contributed by atoms with Gasteiger partial charge in [-0.05, 0) is 57.6 Å². The van der Waals surface area contributed by atoms with Crippen molar-refractivity contribution < 1.29 is 14.3 Å². The Bertz CT molecular complexity index is 587. The first-order chi connectivity index (χ1) is 11.9. The Balaban J connectivity index is 1.52. The molecule has 0 radical (unpaired) electrons. The molecule has 1 aliphatic carbocycles. The summed E-state index contributed by atoms with van der Waals surface area (Å²) in [6, 6.07) is 8.47. The first-order valence-electron chi connectivity index (χ1n) is 9.62. The summed E-state index contributed by atoms with van der Waals surface area (Å²) in [5, 5.41) is 0. The molecule has 1 aliphatic heterocycles. The van der Waals surface area contributed by atoms with Crippen LogP contribution in [0.4, 0.5) is 4.79 Å². The minimum absolute atomic E-state index is 0.207. The number of hydrogen-bond donors (Lipinski definition) is 0. The van der Waals surface area contributed by atoms with E-state index in [0.29, 0.717) is 18.4 Å². The summed E-state index contributed by atoms with van der Waals surface area (Å²) in [6.07, 6.45) is 5.97. The minimum Gasteiger partial charge on any atom is -0.493 e. The molecule has 1 amide bonds. The zero-order valence-electron chi connectivity index (χ0n) is 15.8. The third-order valence-electron chi connectivity index (χ3n) is 5.13. The fourth-order valence-corrected chi connectivity index (χ4v) is 3.85. The monoisotopic (exact) mass is 345 g/mol. The highest BCUT2D eigenvalue weighted by Crippen LogP contribution is 2.38. The Morgan fingerprint density at radius 2 is 1.88 bits per heavy atom. The molecule has 0 unspecified atom stereocenters. The molecular weight excluding hydrogens is 314 g/mol. The summed E-state index contributed by atoms with van der Waals surface area (Å²) in [5.41, 5.74) is 0.924. The van der Waals surface area contributed by atoms with Crippen molar-refractivity contribution in [3.05, 3.63) is 29.8 Å². The van der Waals surface area contributed by atoms with Crippen molar-refractivity contribution in [2.24, 2.45) is 5.92 Å². The molecular formula is C21H31NO3. The average Bonchev–Trinajstić information content (AvgIpc) is 3.23. The quantitative estimate of drug-likeness (QED) is 0.772. The number of nitrogens with zero attached hydrogens (tertiary/aromatic N) is 1. The van der Waals surface area contributed by atoms with E-state index in [9.17, 15) is 4.79 Å². The molecule has 3 rings (SSSR count). The maximum Gasteiger partial charge on any atom is 0.410 e. The van der Waals surface area contributed by atoms with Crippen molar-refractivity contribution >= 4 is 6.09 Å². The van der Waals surface area contributed by atoms with E-state index in [1.165, 1.54) is 31.2 Å². The molecule has 138 valence electrons. The van der Waals surface area contributed by atoms with Gasteiger partial charge >= 0.3 is 6.09 Å². The largest absolute Gasteiger partial charge is 0.493 e. The van der Waals surface area contributed by atoms with Gasteiger partial charge in [-0.3, -0.25) is 0 Å². The van der Waals surface area contributed by atoms with Crippen LogP contribution < -0.4 is 4.74 Å². The second-order valence-corrected chi connectivity index (χ2v) is 8.41. The van der Waals surface area contributed by atoms with Crippen LogP contribution in [0.5, 0.6) is 5.75 Å². The van der Waals surface area contributed by atoms with Gasteiger partial charge in [-0.2, -0.15) is 0 Å². The minimum atomic E-state index is -0.439. The number of para-hydroxylation sites is 1. The summed E-state index contributed by atoms with van der Waals surface area (Å²) >= 11 is 0. The molecule has 4 heteroatoms. The average molecular weight is 345 g/mol. The van der Waals surface area contributed by atoms with E-state index in [-0.39, 0.29) is 6.09 Å². The van der Waals surface area contributed by atoms with E-state index in [0.717, 1.165) is 25.3 Å². The van der Waals surface area contributed by atoms with E-state index in [1.807, 2.05) is 25.7 Å². The molecule has 0 bridgehead atoms. The Morgan fingerprint density at radius 1 is 1.16 bits per heavy atom. The number of likely N-dealkylation sites (tertiary alicyclic amines) is 1. The molecule has 4 nitrogen and oxygen atoms in total. The molecule has 0 N–H and O–H groups in total. The normalized spacial score (nSPS) is 21.6. The molecule has 1 aromatic rings. The molecule has 1 saturated carbocycles. The first-order valence-corrected chi connectivity index (χ1v) is 9.62. The van der Waals surface area contributed by atoms with Crippen LogP contribution in [0.2, 0.25) is 0 Å². The van der Waals surface area contributed by atoms with Gasteiger partial charge in [-0.1, -0.05) is 31.0 Å². The molecule has 1 aromatic carbocycles. The molecule has 1 heterocycles. The van der Waals surface area contributed by atoms with Crippen LogP contribution in [0.15, 0.2) is 24.3 Å². The highest BCUT2D eigenvalue weighted by Gasteiger charge is 2.30. The Labute approximate surface area is 151 Å². The van der Waals surface area contributed by atoms with Crippen LogP contribution in [0.1, 0.15) is 64.4 Å². The number of amides is 1. The lowest BCUT2D eigenvalue weighted by atomic mass is 9.97. The summed E-state index contributed by atoms with van der Waals surface area (Å²) in [5.74, 6) is 2.06. The van der Waals surface area contributed by atoms with Crippen LogP contribution in [-0.4, -0.2) is 36.3 Å². The maximum absolute atomic E-state index is 12.2. The van der Waals surface area contributed by atoms with Crippen molar-refractivity contribution in [2.75, 3.05) is 19.7 Å². The van der Waals surface area contributed by atoms with Gasteiger partial charge in [0.25, 0.3) is 0 Å². The predicted molar refractivity (Wildman–Crippen MR) is 99.1 cm³/mol. The number of hydrogen-bond acceptors (Lipinski definition) is 3. The van der Waals surface area contributed by atoms with Crippen molar-refractivity contribution in [3.63, 3.8) is 0 Å². The van der Waals surface area contributed by atoms with E-state index < -0.39 is 5.60 Å². The molecule has 25 heavy (non-hydrogen) atoms. The van der Waals surface area contributed by atoms with Gasteiger partial charge in [0.05, 0.1) is 6.61 Å². The van der Waals surface area contributed by atoms with Crippen LogP contribution in [0.3, 0.4) is 0 Å². The molecule has 0 aromatic heterocycles. The van der Waals surface area contributed by atoms with Crippen LogP contribution in [0, 0.1) is 5.92 Å². The van der Waals surface area contributed by atoms with E-state index in [1.54, 1.807) is 0 Å². The number of carbonyl (C=O) groups excluding carboxylic acids is 1. The second-order valence-electron chi connectivity index (χ2n) is 8.41. The predicted octanol–water partition coefficient (Wildman–Crippen LogP) is 4.98. The lowest BCUT2D eigenvalue weighted by Crippen LogP contribution is -2.35. The summed E-state index contributed by atoms with van der Waals surface area (Å²) in [6.45, 7) is 7.86. The zero-order valence-corrected chi connectivity index (χ0v) is 15.8. The first kappa shape index (κ1) is 18.1. The highest BCUT2D eigenvalue weighted by atomic mass is 16.6. The van der Waals surface area contributed by atoms with Gasteiger partial charge in [0.15, 0.2) is 0 Å². The molecule has 1 atom stereocenters. The van der Waals surface area contributed by atoms with Gasteiger partial charge < -0.3 is 14.4 Å². The topological polar surface area (TPSA) is 38.8 Å². The van der Waals surface area contributed by atoms with Crippen LogP contribution in [0.25, 0.3) is 0 Å². The van der Waals surface area contributed by atoms with Gasteiger partial charge in [-0.25, -0.2) is 4.79 Å². The third kappa shape index (κ3) is 4.90. The van der Waals surface area contributed by atoms with E-state index in [2.05, 4.69) is 24.3 Å². The van der Waals surface area contributed by atoms with E-state index in [4.69, 9.17) is 9.47 Å².